The number of rotatable bonds is 4. The number of hydrogen-bond donors (Lipinski definition) is 0. The molecule has 0 saturated carbocycles. The van der Waals surface area contributed by atoms with Gasteiger partial charge in [0.15, 0.2) is 18.1 Å². The monoisotopic (exact) mass is 194 g/mol. The summed E-state index contributed by atoms with van der Waals surface area (Å²) in [5, 5.41) is 0. The third-order valence-corrected chi connectivity index (χ3v) is 1.77. The summed E-state index contributed by atoms with van der Waals surface area (Å²) in [5.74, 6) is 1.78. The molecule has 2 aromatic rings. The molecule has 0 bridgehead atoms. The van der Waals surface area contributed by atoms with Crippen LogP contribution < -0.4 is 9.47 Å². The summed E-state index contributed by atoms with van der Waals surface area (Å²) in [7, 11) is 1.58. The van der Waals surface area contributed by atoms with Crippen molar-refractivity contribution in [2.45, 2.75) is 6.61 Å². The van der Waals surface area contributed by atoms with Gasteiger partial charge in [-0.25, -0.2) is 0 Å². The molecule has 0 aliphatic rings. The Kier molecular flexibility index (Phi) is 2.44. The summed E-state index contributed by atoms with van der Waals surface area (Å²) in [6.07, 6.45) is 3.11. The van der Waals surface area contributed by atoms with Crippen molar-refractivity contribution in [1.82, 2.24) is 0 Å². The molecule has 0 saturated heterocycles. The van der Waals surface area contributed by atoms with Crippen molar-refractivity contribution in [1.29, 1.82) is 0 Å². The number of hydrogen-bond acceptors (Lipinski definition) is 4. The molecule has 0 spiro atoms. The summed E-state index contributed by atoms with van der Waals surface area (Å²) < 4.78 is 20.5. The Morgan fingerprint density at radius 2 is 2.14 bits per heavy atom. The van der Waals surface area contributed by atoms with Gasteiger partial charge in [-0.15, -0.1) is 0 Å². The summed E-state index contributed by atoms with van der Waals surface area (Å²) in [4.78, 5) is 0. The Morgan fingerprint density at radius 1 is 1.21 bits per heavy atom. The Hall–Kier alpha value is -1.84. The molecule has 0 radical (unpaired) electrons. The first kappa shape index (κ1) is 8.74. The van der Waals surface area contributed by atoms with Crippen LogP contribution in [0, 0.1) is 0 Å². The summed E-state index contributed by atoms with van der Waals surface area (Å²) in [5.41, 5.74) is 0. The molecular formula is C10H10O4. The Balaban J connectivity index is 1.98. The lowest BCUT2D eigenvalue weighted by atomic mass is 10.4. The van der Waals surface area contributed by atoms with Gasteiger partial charge in [0.2, 0.25) is 0 Å². The van der Waals surface area contributed by atoms with E-state index >= 15 is 0 Å². The Bertz CT molecular complexity index is 374. The van der Waals surface area contributed by atoms with Crippen LogP contribution in [0.2, 0.25) is 0 Å². The van der Waals surface area contributed by atoms with Crippen molar-refractivity contribution in [3.8, 4) is 11.7 Å². The normalized spacial score (nSPS) is 10.1. The zero-order valence-corrected chi connectivity index (χ0v) is 7.73. The average molecular weight is 194 g/mol. The van der Waals surface area contributed by atoms with Crippen LogP contribution in [0.3, 0.4) is 0 Å². The standard InChI is InChI=1S/C10H10O4/c1-11-8-4-6-12-9(8)7-14-10-3-2-5-13-10/h2-6H,7H2,1H3. The van der Waals surface area contributed by atoms with Crippen LogP contribution in [0.1, 0.15) is 5.76 Å². The molecule has 0 N–H and O–H groups in total. The fourth-order valence-corrected chi connectivity index (χ4v) is 1.10. The molecule has 0 aromatic carbocycles. The van der Waals surface area contributed by atoms with E-state index in [9.17, 15) is 0 Å². The molecule has 4 heteroatoms. The lowest BCUT2D eigenvalue weighted by molar-refractivity contribution is 0.206. The predicted octanol–water partition coefficient (Wildman–Crippen LogP) is 2.46. The largest absolute Gasteiger partial charge is 0.493 e. The smallest absolute Gasteiger partial charge is 0.284 e. The van der Waals surface area contributed by atoms with Crippen molar-refractivity contribution in [2.24, 2.45) is 0 Å². The second-order valence-electron chi connectivity index (χ2n) is 2.63. The first-order valence-corrected chi connectivity index (χ1v) is 4.17. The van der Waals surface area contributed by atoms with E-state index in [2.05, 4.69) is 0 Å². The van der Waals surface area contributed by atoms with Crippen LogP contribution in [0.15, 0.2) is 39.6 Å². The van der Waals surface area contributed by atoms with Crippen LogP contribution in [-0.2, 0) is 6.61 Å². The van der Waals surface area contributed by atoms with Crippen LogP contribution >= 0.6 is 0 Å². The van der Waals surface area contributed by atoms with Gasteiger partial charge in [-0.1, -0.05) is 0 Å². The van der Waals surface area contributed by atoms with Crippen molar-refractivity contribution in [2.75, 3.05) is 7.11 Å². The molecular weight excluding hydrogens is 184 g/mol. The summed E-state index contributed by atoms with van der Waals surface area (Å²) in [6, 6.07) is 5.23. The fourth-order valence-electron chi connectivity index (χ4n) is 1.10. The van der Waals surface area contributed by atoms with Crippen molar-refractivity contribution < 1.29 is 18.3 Å². The maximum atomic E-state index is 5.29. The predicted molar refractivity (Wildman–Crippen MR) is 48.3 cm³/mol. The van der Waals surface area contributed by atoms with Crippen molar-refractivity contribution in [3.05, 3.63) is 36.5 Å². The lowest BCUT2D eigenvalue weighted by Crippen LogP contribution is -1.95. The van der Waals surface area contributed by atoms with Crippen LogP contribution in [0.25, 0.3) is 0 Å². The van der Waals surface area contributed by atoms with E-state index in [0.717, 1.165) is 0 Å². The second kappa shape index (κ2) is 3.91. The fraction of sp³-hybridized carbons (Fsp3) is 0.200. The second-order valence-corrected chi connectivity index (χ2v) is 2.63. The topological polar surface area (TPSA) is 44.7 Å². The van der Waals surface area contributed by atoms with E-state index in [0.29, 0.717) is 24.1 Å². The number of ether oxygens (including phenoxy) is 2. The van der Waals surface area contributed by atoms with Crippen molar-refractivity contribution in [3.63, 3.8) is 0 Å². The van der Waals surface area contributed by atoms with Gasteiger partial charge in [-0.05, 0) is 6.07 Å². The number of furan rings is 2. The third kappa shape index (κ3) is 1.74. The zero-order valence-electron chi connectivity index (χ0n) is 7.73. The van der Waals surface area contributed by atoms with Crippen molar-refractivity contribution >= 4 is 0 Å². The molecule has 14 heavy (non-hydrogen) atoms. The van der Waals surface area contributed by atoms with Gasteiger partial charge in [0.25, 0.3) is 5.95 Å². The van der Waals surface area contributed by atoms with E-state index in [1.807, 2.05) is 0 Å². The van der Waals surface area contributed by atoms with Crippen LogP contribution in [0.5, 0.6) is 11.7 Å². The third-order valence-electron chi connectivity index (χ3n) is 1.77. The minimum absolute atomic E-state index is 0.295. The quantitative estimate of drug-likeness (QED) is 0.749. The van der Waals surface area contributed by atoms with E-state index in [1.165, 1.54) is 0 Å². The molecule has 4 nitrogen and oxygen atoms in total. The maximum Gasteiger partial charge on any atom is 0.284 e. The number of methoxy groups -OCH3 is 1. The Morgan fingerprint density at radius 3 is 2.86 bits per heavy atom. The molecule has 2 aromatic heterocycles. The van der Waals surface area contributed by atoms with E-state index in [1.54, 1.807) is 37.8 Å². The molecule has 0 aliphatic heterocycles. The van der Waals surface area contributed by atoms with Gasteiger partial charge in [0.1, 0.15) is 0 Å². The molecule has 2 rings (SSSR count). The minimum Gasteiger partial charge on any atom is -0.493 e. The van der Waals surface area contributed by atoms with Gasteiger partial charge in [0, 0.05) is 12.1 Å². The zero-order chi connectivity index (χ0) is 9.80. The molecule has 74 valence electrons. The molecule has 0 fully saturated rings. The summed E-state index contributed by atoms with van der Waals surface area (Å²) >= 11 is 0. The highest BCUT2D eigenvalue weighted by atomic mass is 16.6. The van der Waals surface area contributed by atoms with Gasteiger partial charge in [-0.2, -0.15) is 0 Å². The van der Waals surface area contributed by atoms with Crippen LogP contribution in [-0.4, -0.2) is 7.11 Å². The van der Waals surface area contributed by atoms with E-state index in [4.69, 9.17) is 18.3 Å². The molecule has 0 unspecified atom stereocenters. The summed E-state index contributed by atoms with van der Waals surface area (Å²) in [6.45, 7) is 0.295. The SMILES string of the molecule is COc1ccoc1COc1ccco1. The maximum absolute atomic E-state index is 5.29. The highest BCUT2D eigenvalue weighted by Gasteiger charge is 2.07. The highest BCUT2D eigenvalue weighted by molar-refractivity contribution is 5.24. The van der Waals surface area contributed by atoms with Gasteiger partial charge < -0.3 is 18.3 Å². The van der Waals surface area contributed by atoms with Crippen LogP contribution in [0.4, 0.5) is 0 Å². The molecule has 0 atom stereocenters. The van der Waals surface area contributed by atoms with Gasteiger partial charge in [0.05, 0.1) is 19.6 Å². The van der Waals surface area contributed by atoms with E-state index in [-0.39, 0.29) is 0 Å². The first-order chi connectivity index (χ1) is 6.90. The molecule has 2 heterocycles. The first-order valence-electron chi connectivity index (χ1n) is 4.17. The Labute approximate surface area is 81.0 Å². The van der Waals surface area contributed by atoms with E-state index < -0.39 is 0 Å². The molecule has 0 aliphatic carbocycles. The average Bonchev–Trinajstić information content (AvgIpc) is 2.85. The van der Waals surface area contributed by atoms with Gasteiger partial charge in [-0.3, -0.25) is 0 Å². The minimum atomic E-state index is 0.295. The lowest BCUT2D eigenvalue weighted by Gasteiger charge is -2.01. The molecule has 0 amide bonds. The van der Waals surface area contributed by atoms with Gasteiger partial charge >= 0.3 is 0 Å². The highest BCUT2D eigenvalue weighted by Crippen LogP contribution is 2.21.